The Hall–Kier alpha value is -2.49. The first kappa shape index (κ1) is 20.8. The van der Waals surface area contributed by atoms with Gasteiger partial charge in [-0.2, -0.15) is 8.78 Å². The fraction of sp³-hybridized carbons (Fsp3) is 0.471. The zero-order valence-electron chi connectivity index (χ0n) is 15.3. The Morgan fingerprint density at radius 1 is 1.44 bits per heavy atom. The number of nitrogens with two attached hydrogens (primary N) is 1. The molecular weight excluding hydrogens is 378 g/mol. The molecule has 1 atom stereocenters. The number of hydrogen-bond acceptors (Lipinski definition) is 5. The van der Waals surface area contributed by atoms with Crippen LogP contribution in [0.5, 0.6) is 0 Å². The first-order valence-electron chi connectivity index (χ1n) is 8.20. The molecule has 0 radical (unpaired) electrons. The van der Waals surface area contributed by atoms with Gasteiger partial charge in [0, 0.05) is 27.8 Å². The molecule has 10 heteroatoms. The van der Waals surface area contributed by atoms with Crippen LogP contribution < -0.4 is 11.1 Å². The van der Waals surface area contributed by atoms with Crippen LogP contribution in [0, 0.1) is 5.41 Å². The number of nitrogens with zero attached hydrogens (tertiary/aromatic N) is 1. The van der Waals surface area contributed by atoms with Crippen LogP contribution in [-0.4, -0.2) is 40.9 Å². The van der Waals surface area contributed by atoms with Gasteiger partial charge in [0.25, 0.3) is 6.08 Å². The van der Waals surface area contributed by atoms with Crippen molar-refractivity contribution in [2.24, 2.45) is 5.73 Å². The minimum Gasteiger partial charge on any atom is -0.444 e. The van der Waals surface area contributed by atoms with Crippen molar-refractivity contribution in [3.8, 4) is 0 Å². The predicted molar refractivity (Wildman–Crippen MR) is 97.8 cm³/mol. The largest absolute Gasteiger partial charge is 0.444 e. The molecule has 2 amide bonds. The topological polar surface area (TPSA) is 109 Å². The fourth-order valence-corrected chi connectivity index (χ4v) is 3.34. The van der Waals surface area contributed by atoms with Crippen LogP contribution in [0.4, 0.5) is 13.6 Å². The molecule has 1 aromatic rings. The van der Waals surface area contributed by atoms with Crippen molar-refractivity contribution in [1.82, 2.24) is 10.2 Å². The monoisotopic (exact) mass is 400 g/mol. The Kier molecular flexibility index (Phi) is 6.19. The number of thiophene rings is 1. The molecule has 0 bridgehead atoms. The zero-order valence-corrected chi connectivity index (χ0v) is 16.1. The molecule has 4 N–H and O–H groups in total. The van der Waals surface area contributed by atoms with Gasteiger partial charge in [-0.15, -0.1) is 11.3 Å². The van der Waals surface area contributed by atoms with Gasteiger partial charge in [-0.3, -0.25) is 15.1 Å². The smallest absolute Gasteiger partial charge is 0.411 e. The van der Waals surface area contributed by atoms with Gasteiger partial charge < -0.3 is 15.8 Å². The number of nitrogen functional groups attached to an aromatic ring is 1. The van der Waals surface area contributed by atoms with E-state index < -0.39 is 29.7 Å². The van der Waals surface area contributed by atoms with Crippen LogP contribution in [0.2, 0.25) is 0 Å². The maximum Gasteiger partial charge on any atom is 0.411 e. The van der Waals surface area contributed by atoms with Crippen LogP contribution in [0.15, 0.2) is 23.1 Å². The molecule has 7 nitrogen and oxygen atoms in total. The van der Waals surface area contributed by atoms with Crippen LogP contribution >= 0.6 is 11.3 Å². The molecule has 0 aromatic carbocycles. The van der Waals surface area contributed by atoms with E-state index >= 15 is 0 Å². The molecule has 2 heterocycles. The predicted octanol–water partition coefficient (Wildman–Crippen LogP) is 2.81. The molecule has 0 saturated carbocycles. The van der Waals surface area contributed by atoms with E-state index in [0.29, 0.717) is 5.56 Å². The lowest BCUT2D eigenvalue weighted by Crippen LogP contribution is -2.47. The van der Waals surface area contributed by atoms with E-state index in [1.54, 1.807) is 32.2 Å². The summed E-state index contributed by atoms with van der Waals surface area (Å²) < 4.78 is 31.3. The standard InChI is InChI=1S/C17H22F2N4O3S/c1-17(2,3)26-16(25)23-7-9(13(18)19)5-12(23)15(24)22-6-11-4-10(8-27-11)14(20)21/h4,8,12H,5-7H2,1-3H3,(H3,20,21)(H,22,24)/t12-/m0/s1. The minimum atomic E-state index is -1.89. The second kappa shape index (κ2) is 8.03. The summed E-state index contributed by atoms with van der Waals surface area (Å²) in [6, 6.07) is 0.601. The van der Waals surface area contributed by atoms with E-state index in [-0.39, 0.29) is 30.9 Å². The molecule has 0 spiro atoms. The Morgan fingerprint density at radius 3 is 2.63 bits per heavy atom. The maximum absolute atomic E-state index is 13.0. The van der Waals surface area contributed by atoms with Crippen molar-refractivity contribution in [1.29, 1.82) is 5.41 Å². The molecule has 1 aromatic heterocycles. The number of amidine groups is 1. The lowest BCUT2D eigenvalue weighted by atomic mass is 10.1. The number of rotatable bonds is 4. The average molecular weight is 400 g/mol. The number of nitrogens with one attached hydrogen (secondary N) is 2. The molecule has 0 unspecified atom stereocenters. The summed E-state index contributed by atoms with van der Waals surface area (Å²) >= 11 is 1.31. The van der Waals surface area contributed by atoms with E-state index in [9.17, 15) is 18.4 Å². The summed E-state index contributed by atoms with van der Waals surface area (Å²) in [6.07, 6.45) is -2.94. The second-order valence-corrected chi connectivity index (χ2v) is 8.12. The highest BCUT2D eigenvalue weighted by Gasteiger charge is 2.40. The van der Waals surface area contributed by atoms with Gasteiger partial charge in [-0.05, 0) is 26.8 Å². The number of carbonyl (C=O) groups excluding carboxylic acids is 2. The molecular formula is C17H22F2N4O3S. The Morgan fingerprint density at radius 2 is 2.11 bits per heavy atom. The first-order chi connectivity index (χ1) is 12.5. The molecule has 148 valence electrons. The van der Waals surface area contributed by atoms with E-state index in [2.05, 4.69) is 5.32 Å². The number of likely N-dealkylation sites (tertiary alicyclic amines) is 1. The van der Waals surface area contributed by atoms with Crippen LogP contribution in [0.3, 0.4) is 0 Å². The molecule has 27 heavy (non-hydrogen) atoms. The first-order valence-corrected chi connectivity index (χ1v) is 9.08. The zero-order chi connectivity index (χ0) is 20.4. The number of amides is 2. The summed E-state index contributed by atoms with van der Waals surface area (Å²) in [7, 11) is 0. The Balaban J connectivity index is 2.09. The van der Waals surface area contributed by atoms with E-state index in [1.165, 1.54) is 11.3 Å². The molecule has 0 aliphatic carbocycles. The summed E-state index contributed by atoms with van der Waals surface area (Å²) in [4.78, 5) is 26.6. The van der Waals surface area contributed by atoms with Gasteiger partial charge in [-0.25, -0.2) is 4.79 Å². The van der Waals surface area contributed by atoms with Crippen LogP contribution in [0.25, 0.3) is 0 Å². The lowest BCUT2D eigenvalue weighted by molar-refractivity contribution is -0.125. The van der Waals surface area contributed by atoms with Crippen molar-refractivity contribution in [3.05, 3.63) is 33.5 Å². The van der Waals surface area contributed by atoms with Gasteiger partial charge in [0.15, 0.2) is 0 Å². The summed E-state index contributed by atoms with van der Waals surface area (Å²) in [5, 5.41) is 11.7. The van der Waals surface area contributed by atoms with Gasteiger partial charge in [0.1, 0.15) is 17.5 Å². The third-order valence-corrected chi connectivity index (χ3v) is 4.71. The van der Waals surface area contributed by atoms with E-state index in [4.69, 9.17) is 15.9 Å². The second-order valence-electron chi connectivity index (χ2n) is 7.13. The molecule has 2 rings (SSSR count). The molecule has 1 saturated heterocycles. The highest BCUT2D eigenvalue weighted by molar-refractivity contribution is 7.10. The lowest BCUT2D eigenvalue weighted by Gasteiger charge is -2.27. The SMILES string of the molecule is CC(C)(C)OC(=O)N1CC(=C(F)F)C[C@H]1C(=O)NCc1cc(C(=N)N)cs1. The average Bonchev–Trinajstić information content (AvgIpc) is 3.18. The van der Waals surface area contributed by atoms with Crippen LogP contribution in [0.1, 0.15) is 37.6 Å². The van der Waals surface area contributed by atoms with Crippen LogP contribution in [-0.2, 0) is 16.1 Å². The van der Waals surface area contributed by atoms with E-state index in [1.807, 2.05) is 0 Å². The summed E-state index contributed by atoms with van der Waals surface area (Å²) in [5.41, 5.74) is 4.88. The van der Waals surface area contributed by atoms with Gasteiger partial charge in [0.2, 0.25) is 5.91 Å². The van der Waals surface area contributed by atoms with Crippen molar-refractivity contribution in [2.45, 2.75) is 45.4 Å². The summed E-state index contributed by atoms with van der Waals surface area (Å²) in [6.45, 7) is 4.78. The molecule has 1 aliphatic rings. The van der Waals surface area contributed by atoms with Crippen molar-refractivity contribution in [3.63, 3.8) is 0 Å². The highest BCUT2D eigenvalue weighted by atomic mass is 32.1. The number of carbonyl (C=O) groups is 2. The van der Waals surface area contributed by atoms with E-state index in [0.717, 1.165) is 9.78 Å². The highest BCUT2D eigenvalue weighted by Crippen LogP contribution is 2.28. The maximum atomic E-state index is 13.0. The number of ether oxygens (including phenoxy) is 1. The third kappa shape index (κ3) is 5.49. The molecule has 1 fully saturated rings. The van der Waals surface area contributed by atoms with Crippen molar-refractivity contribution < 1.29 is 23.1 Å². The molecule has 1 aliphatic heterocycles. The van der Waals surface area contributed by atoms with Gasteiger partial charge >= 0.3 is 6.09 Å². The van der Waals surface area contributed by atoms with Gasteiger partial charge in [0.05, 0.1) is 13.1 Å². The fourth-order valence-electron chi connectivity index (χ4n) is 2.51. The normalized spacial score (nSPS) is 17.0. The Labute approximate surface area is 159 Å². The summed E-state index contributed by atoms with van der Waals surface area (Å²) in [5.74, 6) is -0.626. The minimum absolute atomic E-state index is 0.0797. The number of halogens is 2. The number of hydrogen-bond donors (Lipinski definition) is 3. The van der Waals surface area contributed by atoms with Gasteiger partial charge in [-0.1, -0.05) is 0 Å². The third-order valence-electron chi connectivity index (χ3n) is 3.78. The van der Waals surface area contributed by atoms with Crippen molar-refractivity contribution >= 4 is 29.2 Å². The quantitative estimate of drug-likeness (QED) is 0.533. The Bertz CT molecular complexity index is 781. The van der Waals surface area contributed by atoms with Crippen molar-refractivity contribution in [2.75, 3.05) is 6.54 Å².